The first-order valence-electron chi connectivity index (χ1n) is 5.86. The van der Waals surface area contributed by atoms with Gasteiger partial charge in [-0.15, -0.1) is 0 Å². The van der Waals surface area contributed by atoms with Crippen LogP contribution in [0.25, 0.3) is 0 Å². The molecule has 0 fully saturated rings. The fourth-order valence-corrected chi connectivity index (χ4v) is 1.97. The van der Waals surface area contributed by atoms with Crippen LogP contribution in [0.2, 0.25) is 0 Å². The molecule has 102 valence electrons. The number of aromatic nitrogens is 2. The van der Waals surface area contributed by atoms with E-state index in [-0.39, 0.29) is 22.1 Å². The molecule has 0 saturated carbocycles. The van der Waals surface area contributed by atoms with Gasteiger partial charge in [-0.3, -0.25) is 9.78 Å². The van der Waals surface area contributed by atoms with Gasteiger partial charge in [0.05, 0.1) is 5.56 Å². The Morgan fingerprint density at radius 2 is 1.83 bits per heavy atom. The summed E-state index contributed by atoms with van der Waals surface area (Å²) in [5.41, 5.74) is 5.89. The lowest BCUT2D eigenvalue weighted by Gasteiger charge is -2.23. The topological polar surface area (TPSA) is 93.1 Å². The number of hydrogen-bond acceptors (Lipinski definition) is 5. The fourth-order valence-electron chi connectivity index (χ4n) is 1.77. The highest BCUT2D eigenvalue weighted by atomic mass is 32.1. The minimum absolute atomic E-state index is 0.206. The third kappa shape index (κ3) is 3.41. The van der Waals surface area contributed by atoms with Crippen LogP contribution in [-0.4, -0.2) is 29.5 Å². The Kier molecular flexibility index (Phi) is 5.52. The normalized spacial score (nSPS) is 12.9. The molecule has 0 aliphatic carbocycles. The summed E-state index contributed by atoms with van der Waals surface area (Å²) in [6.45, 7) is 6.55. The third-order valence-electron chi connectivity index (χ3n) is 2.54. The lowest BCUT2D eigenvalue weighted by molar-refractivity contribution is -0.147. The second-order valence-electron chi connectivity index (χ2n) is 3.80. The van der Waals surface area contributed by atoms with Gasteiger partial charge in [0.1, 0.15) is 5.82 Å². The average molecular weight is 273 g/mol. The molecule has 1 heterocycles. The Morgan fingerprint density at radius 1 is 1.28 bits per heavy atom. The molecule has 7 heteroatoms. The summed E-state index contributed by atoms with van der Waals surface area (Å²) in [5, 5.41) is 0. The van der Waals surface area contributed by atoms with Crippen molar-refractivity contribution in [2.24, 2.45) is 0 Å². The molecular weight excluding hydrogens is 254 g/mol. The highest BCUT2D eigenvalue weighted by molar-refractivity contribution is 7.71. The molecule has 1 aromatic rings. The van der Waals surface area contributed by atoms with Gasteiger partial charge in [-0.05, 0) is 26.1 Å². The average Bonchev–Trinajstić information content (AvgIpc) is 2.27. The Balaban J connectivity index is 3.11. The van der Waals surface area contributed by atoms with Crippen molar-refractivity contribution in [2.45, 2.75) is 33.0 Å². The van der Waals surface area contributed by atoms with E-state index in [1.165, 1.54) is 0 Å². The Bertz CT molecular complexity index is 491. The maximum atomic E-state index is 11.9. The van der Waals surface area contributed by atoms with E-state index >= 15 is 0 Å². The highest BCUT2D eigenvalue weighted by Gasteiger charge is 2.24. The van der Waals surface area contributed by atoms with Crippen LogP contribution in [0, 0.1) is 4.77 Å². The van der Waals surface area contributed by atoms with Crippen molar-refractivity contribution in [1.82, 2.24) is 9.97 Å². The van der Waals surface area contributed by atoms with Crippen molar-refractivity contribution in [3.05, 3.63) is 20.7 Å². The van der Waals surface area contributed by atoms with Crippen LogP contribution in [0.5, 0.6) is 0 Å². The van der Waals surface area contributed by atoms with Crippen LogP contribution in [-0.2, 0) is 9.47 Å². The van der Waals surface area contributed by atoms with Crippen LogP contribution in [0.15, 0.2) is 4.79 Å². The van der Waals surface area contributed by atoms with E-state index in [9.17, 15) is 4.79 Å². The first kappa shape index (κ1) is 14.9. The van der Waals surface area contributed by atoms with E-state index in [1.54, 1.807) is 0 Å². The number of H-pyrrole nitrogens is 2. The molecular formula is C11H19N3O3S. The number of nitrogen functional groups attached to an aromatic ring is 1. The SMILES string of the molecule is CCOC(OCC)C(C)c1c(N)[nH]c(=S)[nH]c1=O. The van der Waals surface area contributed by atoms with E-state index in [0.717, 1.165) is 0 Å². The number of nitrogens with one attached hydrogen (secondary N) is 2. The monoisotopic (exact) mass is 273 g/mol. The summed E-state index contributed by atoms with van der Waals surface area (Å²) in [5.74, 6) is -0.0406. The van der Waals surface area contributed by atoms with Gasteiger partial charge in [-0.25, -0.2) is 0 Å². The molecule has 0 aliphatic heterocycles. The number of nitrogens with two attached hydrogens (primary N) is 1. The Morgan fingerprint density at radius 3 is 2.28 bits per heavy atom. The van der Waals surface area contributed by atoms with Crippen molar-refractivity contribution in [3.63, 3.8) is 0 Å². The van der Waals surface area contributed by atoms with E-state index in [2.05, 4.69) is 9.97 Å². The van der Waals surface area contributed by atoms with E-state index < -0.39 is 6.29 Å². The summed E-state index contributed by atoms with van der Waals surface area (Å²) in [6.07, 6.45) is -0.507. The zero-order valence-corrected chi connectivity index (χ0v) is 11.6. The minimum Gasteiger partial charge on any atom is -0.385 e. The van der Waals surface area contributed by atoms with Crippen molar-refractivity contribution < 1.29 is 9.47 Å². The standard InChI is InChI=1S/C11H19N3O3S/c1-4-16-10(17-5-2)6(3)7-8(12)13-11(18)14-9(7)15/h6,10H,4-5H2,1-3H3,(H4,12,13,14,15,18). The van der Waals surface area contributed by atoms with Gasteiger partial charge in [-0.2, -0.15) is 0 Å². The third-order valence-corrected chi connectivity index (χ3v) is 2.74. The van der Waals surface area contributed by atoms with Crippen LogP contribution in [0.3, 0.4) is 0 Å². The van der Waals surface area contributed by atoms with Gasteiger partial charge in [0.2, 0.25) is 0 Å². The summed E-state index contributed by atoms with van der Waals surface area (Å²) in [6, 6.07) is 0. The van der Waals surface area contributed by atoms with E-state index in [1.807, 2.05) is 20.8 Å². The maximum absolute atomic E-state index is 11.9. The van der Waals surface area contributed by atoms with Gasteiger partial charge in [0.25, 0.3) is 5.56 Å². The van der Waals surface area contributed by atoms with Crippen LogP contribution in [0.1, 0.15) is 32.3 Å². The van der Waals surface area contributed by atoms with Gasteiger partial charge < -0.3 is 20.2 Å². The van der Waals surface area contributed by atoms with Gasteiger partial charge >= 0.3 is 0 Å². The molecule has 18 heavy (non-hydrogen) atoms. The first-order valence-corrected chi connectivity index (χ1v) is 6.27. The van der Waals surface area contributed by atoms with Crippen molar-refractivity contribution in [2.75, 3.05) is 18.9 Å². The Hall–Kier alpha value is -1.18. The number of hydrogen-bond donors (Lipinski definition) is 3. The van der Waals surface area contributed by atoms with Gasteiger partial charge in [0.15, 0.2) is 11.1 Å². The number of aromatic amines is 2. The predicted octanol–water partition coefficient (Wildman–Crippen LogP) is 1.52. The summed E-state index contributed by atoms with van der Waals surface area (Å²) >= 11 is 4.85. The summed E-state index contributed by atoms with van der Waals surface area (Å²) in [4.78, 5) is 17.1. The van der Waals surface area contributed by atoms with E-state index in [4.69, 9.17) is 27.4 Å². The molecule has 1 atom stereocenters. The quantitative estimate of drug-likeness (QED) is 0.539. The first-order chi connectivity index (χ1) is 8.51. The zero-order valence-electron chi connectivity index (χ0n) is 10.8. The van der Waals surface area contributed by atoms with Crippen LogP contribution in [0.4, 0.5) is 5.82 Å². The lowest BCUT2D eigenvalue weighted by Crippen LogP contribution is -2.30. The molecule has 0 aromatic carbocycles. The predicted molar refractivity (Wildman–Crippen MR) is 72.1 cm³/mol. The van der Waals surface area contributed by atoms with Crippen LogP contribution >= 0.6 is 12.2 Å². The molecule has 1 aromatic heterocycles. The zero-order chi connectivity index (χ0) is 13.7. The molecule has 4 N–H and O–H groups in total. The van der Waals surface area contributed by atoms with Crippen molar-refractivity contribution in [3.8, 4) is 0 Å². The summed E-state index contributed by atoms with van der Waals surface area (Å²) < 4.78 is 11.1. The second-order valence-corrected chi connectivity index (χ2v) is 4.21. The molecule has 0 saturated heterocycles. The van der Waals surface area contributed by atoms with Crippen molar-refractivity contribution in [1.29, 1.82) is 0 Å². The fraction of sp³-hybridized carbons (Fsp3) is 0.636. The molecule has 6 nitrogen and oxygen atoms in total. The number of rotatable bonds is 6. The molecule has 0 aliphatic rings. The largest absolute Gasteiger partial charge is 0.385 e. The Labute approximate surface area is 111 Å². The molecule has 0 bridgehead atoms. The van der Waals surface area contributed by atoms with Crippen molar-refractivity contribution >= 4 is 18.0 Å². The van der Waals surface area contributed by atoms with E-state index in [0.29, 0.717) is 18.8 Å². The molecule has 0 amide bonds. The molecule has 0 spiro atoms. The lowest BCUT2D eigenvalue weighted by atomic mass is 10.0. The minimum atomic E-state index is -0.507. The summed E-state index contributed by atoms with van der Waals surface area (Å²) in [7, 11) is 0. The highest BCUT2D eigenvalue weighted by Crippen LogP contribution is 2.22. The number of anilines is 1. The molecule has 0 radical (unpaired) electrons. The number of ether oxygens (including phenoxy) is 2. The van der Waals surface area contributed by atoms with Crippen LogP contribution < -0.4 is 11.3 Å². The molecule has 1 unspecified atom stereocenters. The van der Waals surface area contributed by atoms with Gasteiger partial charge in [-0.1, -0.05) is 6.92 Å². The molecule has 1 rings (SSSR count). The maximum Gasteiger partial charge on any atom is 0.257 e. The smallest absolute Gasteiger partial charge is 0.257 e. The second kappa shape index (κ2) is 6.67. The van der Waals surface area contributed by atoms with Gasteiger partial charge in [0, 0.05) is 19.1 Å².